The Labute approximate surface area is 195 Å². The van der Waals surface area contributed by atoms with Gasteiger partial charge in [-0.15, -0.1) is 0 Å². The molecule has 3 rings (SSSR count). The normalized spacial score (nSPS) is 16.5. The Kier molecular flexibility index (Phi) is 7.58. The molecule has 0 saturated carbocycles. The van der Waals surface area contributed by atoms with Crippen molar-refractivity contribution >= 4 is 33.4 Å². The minimum absolute atomic E-state index is 0.136. The molecule has 0 unspecified atom stereocenters. The zero-order chi connectivity index (χ0) is 24.3. The van der Waals surface area contributed by atoms with Gasteiger partial charge in [-0.05, 0) is 42.5 Å². The number of halogens is 3. The van der Waals surface area contributed by atoms with E-state index in [0.29, 0.717) is 11.6 Å². The molecule has 2 aromatic rings. The van der Waals surface area contributed by atoms with Gasteiger partial charge in [-0.1, -0.05) is 18.5 Å². The summed E-state index contributed by atoms with van der Waals surface area (Å²) in [6, 6.07) is 7.87. The van der Waals surface area contributed by atoms with Gasteiger partial charge in [-0.25, -0.2) is 22.0 Å². The molecule has 1 saturated heterocycles. The lowest BCUT2D eigenvalue weighted by Crippen LogP contribution is -2.51. The van der Waals surface area contributed by atoms with E-state index in [1.54, 1.807) is 7.05 Å². The minimum atomic E-state index is -4.23. The highest BCUT2D eigenvalue weighted by molar-refractivity contribution is 7.91. The molecule has 1 fully saturated rings. The molecule has 1 heterocycles. The molecule has 0 N–H and O–H groups in total. The first kappa shape index (κ1) is 24.9. The lowest BCUT2D eigenvalue weighted by molar-refractivity contribution is -0.133. The van der Waals surface area contributed by atoms with Gasteiger partial charge >= 0.3 is 6.09 Å². The first-order valence-corrected chi connectivity index (χ1v) is 12.0. The van der Waals surface area contributed by atoms with Gasteiger partial charge in [0.1, 0.15) is 18.2 Å². The Morgan fingerprint density at radius 3 is 2.45 bits per heavy atom. The van der Waals surface area contributed by atoms with Crippen LogP contribution in [0.15, 0.2) is 47.4 Å². The van der Waals surface area contributed by atoms with Crippen LogP contribution >= 0.6 is 11.6 Å². The number of benzene rings is 2. The second-order valence-corrected chi connectivity index (χ2v) is 10.4. The summed E-state index contributed by atoms with van der Waals surface area (Å²) >= 11 is 5.85. The Morgan fingerprint density at radius 1 is 1.15 bits per heavy atom. The van der Waals surface area contributed by atoms with E-state index in [-0.39, 0.29) is 29.5 Å². The first-order chi connectivity index (χ1) is 15.5. The number of likely N-dealkylation sites (N-methyl/N-ethyl adjacent to an activating group) is 1. The van der Waals surface area contributed by atoms with Crippen molar-refractivity contribution in [3.05, 3.63) is 64.7 Å². The molecular formula is C22H23ClF2N2O5S. The van der Waals surface area contributed by atoms with Crippen molar-refractivity contribution in [2.45, 2.75) is 17.1 Å². The fourth-order valence-corrected chi connectivity index (χ4v) is 5.72. The zero-order valence-corrected chi connectivity index (χ0v) is 19.6. The van der Waals surface area contributed by atoms with Crippen molar-refractivity contribution in [1.29, 1.82) is 0 Å². The molecule has 33 heavy (non-hydrogen) atoms. The van der Waals surface area contributed by atoms with Crippen molar-refractivity contribution < 1.29 is 31.5 Å². The molecule has 0 aliphatic carbocycles. The van der Waals surface area contributed by atoms with Crippen LogP contribution < -0.4 is 0 Å². The maximum absolute atomic E-state index is 14.6. The number of rotatable bonds is 6. The molecule has 2 atom stereocenters. The van der Waals surface area contributed by atoms with Crippen molar-refractivity contribution in [2.24, 2.45) is 5.92 Å². The van der Waals surface area contributed by atoms with Crippen LogP contribution in [0.5, 0.6) is 0 Å². The Morgan fingerprint density at radius 2 is 1.82 bits per heavy atom. The highest BCUT2D eigenvalue weighted by atomic mass is 35.5. The maximum Gasteiger partial charge on any atom is 0.410 e. The highest BCUT2D eigenvalue weighted by Crippen LogP contribution is 2.37. The summed E-state index contributed by atoms with van der Waals surface area (Å²) < 4.78 is 60.7. The van der Waals surface area contributed by atoms with E-state index in [2.05, 4.69) is 0 Å². The van der Waals surface area contributed by atoms with E-state index in [1.165, 1.54) is 41.0 Å². The number of amides is 2. The zero-order valence-electron chi connectivity index (χ0n) is 18.0. The van der Waals surface area contributed by atoms with Crippen LogP contribution in [0.25, 0.3) is 0 Å². The molecule has 1 aliphatic heterocycles. The summed E-state index contributed by atoms with van der Waals surface area (Å²) in [5, 5.41) is -1.23. The first-order valence-electron chi connectivity index (χ1n) is 10.1. The van der Waals surface area contributed by atoms with Crippen molar-refractivity contribution in [1.82, 2.24) is 9.80 Å². The molecule has 0 spiro atoms. The van der Waals surface area contributed by atoms with Crippen LogP contribution in [0.2, 0.25) is 5.02 Å². The molecule has 11 heteroatoms. The second-order valence-electron chi connectivity index (χ2n) is 7.88. The summed E-state index contributed by atoms with van der Waals surface area (Å²) in [7, 11) is -2.61. The van der Waals surface area contributed by atoms with E-state index in [9.17, 15) is 26.8 Å². The summed E-state index contributed by atoms with van der Waals surface area (Å²) in [4.78, 5) is 26.8. The predicted molar refractivity (Wildman–Crippen MR) is 117 cm³/mol. The van der Waals surface area contributed by atoms with Crippen LogP contribution in [0.1, 0.15) is 17.7 Å². The highest BCUT2D eigenvalue weighted by Gasteiger charge is 2.37. The average molecular weight is 501 g/mol. The number of ether oxygens (including phenoxy) is 1. The van der Waals surface area contributed by atoms with Crippen LogP contribution in [0.4, 0.5) is 13.6 Å². The molecule has 2 amide bonds. The van der Waals surface area contributed by atoms with E-state index < -0.39 is 45.3 Å². The average Bonchev–Trinajstić information content (AvgIpc) is 2.76. The summed E-state index contributed by atoms with van der Waals surface area (Å²) in [6.07, 6.45) is -0.786. The monoisotopic (exact) mass is 500 g/mol. The Hall–Kier alpha value is -2.72. The van der Waals surface area contributed by atoms with Crippen LogP contribution in [-0.4, -0.2) is 63.5 Å². The Bertz CT molecular complexity index is 1140. The fourth-order valence-electron chi connectivity index (χ4n) is 3.58. The smallest absolute Gasteiger partial charge is 0.410 e. The molecule has 0 bridgehead atoms. The van der Waals surface area contributed by atoms with Gasteiger partial charge in [0, 0.05) is 36.6 Å². The Balaban J connectivity index is 1.88. The molecule has 2 aromatic carbocycles. The molecule has 178 valence electrons. The summed E-state index contributed by atoms with van der Waals surface area (Å²) in [6.45, 7) is 1.51. The van der Waals surface area contributed by atoms with Crippen molar-refractivity contribution in [3.8, 4) is 0 Å². The topological polar surface area (TPSA) is 84.0 Å². The summed E-state index contributed by atoms with van der Waals surface area (Å²) in [5.41, 5.74) is -0.372. The minimum Gasteiger partial charge on any atom is -0.449 e. The lowest BCUT2D eigenvalue weighted by Gasteiger charge is -2.32. The molecule has 1 aliphatic rings. The van der Waals surface area contributed by atoms with Crippen molar-refractivity contribution in [2.75, 3.05) is 33.3 Å². The number of nitrogens with zero attached hydrogens (tertiary/aromatic N) is 2. The predicted octanol–water partition coefficient (Wildman–Crippen LogP) is 3.68. The number of sulfone groups is 1. The van der Waals surface area contributed by atoms with Gasteiger partial charge < -0.3 is 9.64 Å². The van der Waals surface area contributed by atoms with Gasteiger partial charge in [-0.2, -0.15) is 0 Å². The molecular weight excluding hydrogens is 478 g/mol. The molecule has 7 nitrogen and oxygen atoms in total. The van der Waals surface area contributed by atoms with Gasteiger partial charge in [0.2, 0.25) is 5.91 Å². The van der Waals surface area contributed by atoms with E-state index in [0.717, 1.165) is 18.2 Å². The van der Waals surface area contributed by atoms with E-state index >= 15 is 0 Å². The number of carbonyl (C=O) groups is 2. The summed E-state index contributed by atoms with van der Waals surface area (Å²) in [5.74, 6) is -2.91. The lowest BCUT2D eigenvalue weighted by atomic mass is 10.0. The van der Waals surface area contributed by atoms with E-state index in [1.807, 2.05) is 0 Å². The van der Waals surface area contributed by atoms with Crippen LogP contribution in [-0.2, 0) is 19.4 Å². The third-order valence-electron chi connectivity index (χ3n) is 5.44. The molecule has 0 aromatic heterocycles. The number of piperazine rings is 1. The number of carbonyl (C=O) groups excluding carboxylic acids is 2. The van der Waals surface area contributed by atoms with Crippen LogP contribution in [0, 0.1) is 17.6 Å². The largest absolute Gasteiger partial charge is 0.449 e. The van der Waals surface area contributed by atoms with Crippen LogP contribution in [0.3, 0.4) is 0 Å². The number of hydrogen-bond acceptors (Lipinski definition) is 5. The van der Waals surface area contributed by atoms with Gasteiger partial charge in [0.15, 0.2) is 9.84 Å². The maximum atomic E-state index is 14.6. The van der Waals surface area contributed by atoms with E-state index in [4.69, 9.17) is 16.3 Å². The van der Waals surface area contributed by atoms with Gasteiger partial charge in [0.25, 0.3) is 0 Å². The van der Waals surface area contributed by atoms with Gasteiger partial charge in [-0.3, -0.25) is 9.69 Å². The standard InChI is InChI=1S/C22H23ClF2N2O5S/c1-14(13-32-22(29)27-10-9-26(2)20(28)12-27)21(18-11-16(24)5-8-19(18)25)33(30,31)17-6-3-15(23)4-7-17/h3-8,11,14,21H,9-10,12-13H2,1-2H3/t14-,21+/m1/s1. The quantitative estimate of drug-likeness (QED) is 0.604. The second kappa shape index (κ2) is 10.0. The third-order valence-corrected chi connectivity index (χ3v) is 8.01. The van der Waals surface area contributed by atoms with Crippen molar-refractivity contribution in [3.63, 3.8) is 0 Å². The molecule has 0 radical (unpaired) electrons. The third kappa shape index (κ3) is 5.62. The fraction of sp³-hybridized carbons (Fsp3) is 0.364. The van der Waals surface area contributed by atoms with Gasteiger partial charge in [0.05, 0.1) is 16.8 Å². The SMILES string of the molecule is C[C@H](COC(=O)N1CCN(C)C(=O)C1)[C@@H](c1cc(F)ccc1F)S(=O)(=O)c1ccc(Cl)cc1. The number of hydrogen-bond donors (Lipinski definition) is 0.